The zero-order valence-electron chi connectivity index (χ0n) is 12.0. The average molecular weight is 300 g/mol. The molecule has 8 nitrogen and oxygen atoms in total. The Morgan fingerprint density at radius 2 is 1.95 bits per heavy atom. The topological polar surface area (TPSA) is 93.0 Å². The van der Waals surface area contributed by atoms with E-state index in [2.05, 4.69) is 25.3 Å². The summed E-state index contributed by atoms with van der Waals surface area (Å²) in [5.74, 6) is 0.328. The molecule has 1 N–H and O–H groups in total. The summed E-state index contributed by atoms with van der Waals surface area (Å²) < 4.78 is 1.09. The molecule has 0 unspecified atom stereocenters. The Labute approximate surface area is 126 Å². The Kier molecular flexibility index (Phi) is 4.08. The summed E-state index contributed by atoms with van der Waals surface area (Å²) >= 11 is 0. The number of carbonyl (C=O) groups excluding carboxylic acids is 1. The predicted octanol–water partition coefficient (Wildman–Crippen LogP) is 0.272. The van der Waals surface area contributed by atoms with Crippen molar-refractivity contribution in [1.29, 1.82) is 0 Å². The number of hydrogen-bond donors (Lipinski definition) is 1. The molecule has 1 saturated heterocycles. The van der Waals surface area contributed by atoms with Gasteiger partial charge in [-0.15, -0.1) is 0 Å². The fourth-order valence-corrected chi connectivity index (χ4v) is 2.31. The standard InChI is InChI=1S/C14H16N6O2/c21-12(10-20-13(22)4-3-5-17-20)18-11-8-15-14(16-9-11)19-6-1-2-7-19/h3-5,8-9H,1-2,6-7,10H2,(H,18,21). The van der Waals surface area contributed by atoms with Crippen LogP contribution in [0.5, 0.6) is 0 Å². The van der Waals surface area contributed by atoms with E-state index in [1.807, 2.05) is 0 Å². The van der Waals surface area contributed by atoms with Crippen molar-refractivity contribution in [1.82, 2.24) is 19.7 Å². The lowest BCUT2D eigenvalue weighted by molar-refractivity contribution is -0.117. The van der Waals surface area contributed by atoms with Crippen molar-refractivity contribution in [3.05, 3.63) is 41.1 Å². The summed E-state index contributed by atoms with van der Waals surface area (Å²) in [6, 6.07) is 2.88. The van der Waals surface area contributed by atoms with Gasteiger partial charge in [-0.25, -0.2) is 14.6 Å². The third kappa shape index (κ3) is 3.27. The molecule has 114 valence electrons. The Morgan fingerprint density at radius 3 is 2.64 bits per heavy atom. The number of hydrogen-bond acceptors (Lipinski definition) is 6. The van der Waals surface area contributed by atoms with Crippen molar-refractivity contribution in [2.45, 2.75) is 19.4 Å². The molecule has 2 aromatic rings. The van der Waals surface area contributed by atoms with Crippen molar-refractivity contribution in [2.75, 3.05) is 23.3 Å². The molecule has 0 aliphatic carbocycles. The highest BCUT2D eigenvalue weighted by Gasteiger charge is 2.14. The minimum absolute atomic E-state index is 0.145. The van der Waals surface area contributed by atoms with Gasteiger partial charge in [0.25, 0.3) is 5.56 Å². The Balaban J connectivity index is 1.62. The first kappa shape index (κ1) is 14.2. The van der Waals surface area contributed by atoms with Gasteiger partial charge in [-0.1, -0.05) is 0 Å². The largest absolute Gasteiger partial charge is 0.341 e. The van der Waals surface area contributed by atoms with E-state index in [0.717, 1.165) is 30.6 Å². The Hall–Kier alpha value is -2.77. The summed E-state index contributed by atoms with van der Waals surface area (Å²) in [6.07, 6.45) is 6.91. The smallest absolute Gasteiger partial charge is 0.267 e. The van der Waals surface area contributed by atoms with Crippen LogP contribution in [-0.2, 0) is 11.3 Å². The fourth-order valence-electron chi connectivity index (χ4n) is 2.31. The minimum Gasteiger partial charge on any atom is -0.341 e. The lowest BCUT2D eigenvalue weighted by Crippen LogP contribution is -2.28. The molecule has 1 aliphatic rings. The molecule has 3 heterocycles. The zero-order valence-corrected chi connectivity index (χ0v) is 12.0. The van der Waals surface area contributed by atoms with E-state index in [1.165, 1.54) is 18.3 Å². The summed E-state index contributed by atoms with van der Waals surface area (Å²) in [6.45, 7) is 1.79. The number of anilines is 2. The van der Waals surface area contributed by atoms with Gasteiger partial charge in [0.1, 0.15) is 6.54 Å². The van der Waals surface area contributed by atoms with E-state index < -0.39 is 0 Å². The van der Waals surface area contributed by atoms with Crippen LogP contribution < -0.4 is 15.8 Å². The Morgan fingerprint density at radius 1 is 1.23 bits per heavy atom. The molecule has 0 spiro atoms. The molecule has 2 aromatic heterocycles. The maximum Gasteiger partial charge on any atom is 0.267 e. The van der Waals surface area contributed by atoms with Gasteiger partial charge in [0.2, 0.25) is 11.9 Å². The monoisotopic (exact) mass is 300 g/mol. The molecule has 1 amide bonds. The van der Waals surface area contributed by atoms with Gasteiger partial charge in [-0.2, -0.15) is 5.10 Å². The molecular weight excluding hydrogens is 284 g/mol. The van der Waals surface area contributed by atoms with E-state index in [1.54, 1.807) is 12.4 Å². The summed E-state index contributed by atoms with van der Waals surface area (Å²) in [4.78, 5) is 34.0. The third-order valence-electron chi connectivity index (χ3n) is 3.39. The molecule has 0 aromatic carbocycles. The van der Waals surface area contributed by atoms with Crippen LogP contribution in [0.2, 0.25) is 0 Å². The predicted molar refractivity (Wildman–Crippen MR) is 80.6 cm³/mol. The number of nitrogens with zero attached hydrogens (tertiary/aromatic N) is 5. The average Bonchev–Trinajstić information content (AvgIpc) is 3.05. The lowest BCUT2D eigenvalue weighted by atomic mass is 10.4. The van der Waals surface area contributed by atoms with E-state index in [9.17, 15) is 9.59 Å². The lowest BCUT2D eigenvalue weighted by Gasteiger charge is -2.14. The molecule has 22 heavy (non-hydrogen) atoms. The number of aromatic nitrogens is 4. The molecule has 8 heteroatoms. The minimum atomic E-state index is -0.349. The molecule has 1 fully saturated rings. The van der Waals surface area contributed by atoms with Gasteiger partial charge in [0, 0.05) is 25.4 Å². The second-order valence-electron chi connectivity index (χ2n) is 5.03. The SMILES string of the molecule is O=C(Cn1ncccc1=O)Nc1cnc(N2CCCC2)nc1. The third-order valence-corrected chi connectivity index (χ3v) is 3.39. The van der Waals surface area contributed by atoms with Crippen LogP contribution in [-0.4, -0.2) is 38.7 Å². The van der Waals surface area contributed by atoms with Crippen molar-refractivity contribution < 1.29 is 4.79 Å². The summed E-state index contributed by atoms with van der Waals surface area (Å²) in [5.41, 5.74) is 0.176. The highest BCUT2D eigenvalue weighted by atomic mass is 16.2. The van der Waals surface area contributed by atoms with E-state index in [-0.39, 0.29) is 18.0 Å². The van der Waals surface area contributed by atoms with Crippen molar-refractivity contribution in [3.63, 3.8) is 0 Å². The summed E-state index contributed by atoms with van der Waals surface area (Å²) in [5, 5.41) is 6.48. The highest BCUT2D eigenvalue weighted by Crippen LogP contribution is 2.15. The fraction of sp³-hybridized carbons (Fsp3) is 0.357. The Bertz CT molecular complexity index is 706. The van der Waals surface area contributed by atoms with Gasteiger partial charge in [-0.05, 0) is 18.9 Å². The molecule has 0 saturated carbocycles. The van der Waals surface area contributed by atoms with E-state index in [0.29, 0.717) is 11.6 Å². The molecule has 0 radical (unpaired) electrons. The van der Waals surface area contributed by atoms with Crippen LogP contribution in [0.3, 0.4) is 0 Å². The maximum atomic E-state index is 11.9. The van der Waals surface area contributed by atoms with Crippen LogP contribution in [0, 0.1) is 0 Å². The maximum absolute atomic E-state index is 11.9. The van der Waals surface area contributed by atoms with Crippen LogP contribution in [0.15, 0.2) is 35.5 Å². The van der Waals surface area contributed by atoms with E-state index in [4.69, 9.17) is 0 Å². The molecule has 0 bridgehead atoms. The molecular formula is C14H16N6O2. The van der Waals surface area contributed by atoms with Gasteiger partial charge < -0.3 is 10.2 Å². The zero-order chi connectivity index (χ0) is 15.4. The number of carbonyl (C=O) groups is 1. The van der Waals surface area contributed by atoms with Crippen molar-refractivity contribution in [2.24, 2.45) is 0 Å². The van der Waals surface area contributed by atoms with Crippen molar-refractivity contribution in [3.8, 4) is 0 Å². The van der Waals surface area contributed by atoms with Gasteiger partial charge >= 0.3 is 0 Å². The molecule has 1 aliphatic heterocycles. The molecule has 3 rings (SSSR count). The van der Waals surface area contributed by atoms with Crippen molar-refractivity contribution >= 4 is 17.5 Å². The first-order valence-electron chi connectivity index (χ1n) is 7.11. The number of amides is 1. The van der Waals surface area contributed by atoms with E-state index >= 15 is 0 Å². The van der Waals surface area contributed by atoms with Crippen LogP contribution >= 0.6 is 0 Å². The van der Waals surface area contributed by atoms with Gasteiger partial charge in [-0.3, -0.25) is 9.59 Å². The summed E-state index contributed by atoms with van der Waals surface area (Å²) in [7, 11) is 0. The highest BCUT2D eigenvalue weighted by molar-refractivity contribution is 5.90. The van der Waals surface area contributed by atoms with Crippen LogP contribution in [0.25, 0.3) is 0 Å². The number of rotatable bonds is 4. The first-order chi connectivity index (χ1) is 10.7. The normalized spacial score (nSPS) is 14.1. The second-order valence-corrected chi connectivity index (χ2v) is 5.03. The van der Waals surface area contributed by atoms with Gasteiger partial charge in [0.05, 0.1) is 18.1 Å². The van der Waals surface area contributed by atoms with Gasteiger partial charge in [0.15, 0.2) is 0 Å². The van der Waals surface area contributed by atoms with Crippen LogP contribution in [0.4, 0.5) is 11.6 Å². The first-order valence-corrected chi connectivity index (χ1v) is 7.11. The second kappa shape index (κ2) is 6.33. The quantitative estimate of drug-likeness (QED) is 0.871. The molecule has 0 atom stereocenters. The number of nitrogens with one attached hydrogen (secondary N) is 1. The van der Waals surface area contributed by atoms with Crippen LogP contribution in [0.1, 0.15) is 12.8 Å².